The molecule has 5 rings (SSSR count). The fourth-order valence-electron chi connectivity index (χ4n) is 6.32. The highest BCUT2D eigenvalue weighted by Gasteiger charge is 3.13. The number of benzene rings is 1. The molecule has 1 saturated heterocycles. The minimum atomic E-state index is -8.65. The van der Waals surface area contributed by atoms with Crippen molar-refractivity contribution in [1.29, 1.82) is 0 Å². The van der Waals surface area contributed by atoms with Crippen molar-refractivity contribution in [2.75, 3.05) is 0 Å². The SMILES string of the molecule is Oc1c(F)c(F)c2c3c1O[C@@]1(F)[C@](O)(F)C(F)=C(F)[C@H]4[C@@](F)(C2(F)F)[N+](C(F)(F)F)(C(F)(F)F)C(F)(F)C(F)(F)[C@@]341. The number of hydrogen-bond acceptors (Lipinski definition) is 3. The van der Waals surface area contributed by atoms with Gasteiger partial charge in [0.05, 0.1) is 5.56 Å². The molecule has 41 heavy (non-hydrogen) atoms. The van der Waals surface area contributed by atoms with Crippen LogP contribution in [0, 0.1) is 17.6 Å². The molecule has 2 heterocycles. The van der Waals surface area contributed by atoms with Gasteiger partial charge in [-0.1, -0.05) is 0 Å². The Morgan fingerprint density at radius 1 is 0.732 bits per heavy atom. The lowest BCUT2D eigenvalue weighted by Crippen LogP contribution is -2.98. The van der Waals surface area contributed by atoms with Gasteiger partial charge in [-0.05, 0) is 4.48 Å². The molecule has 230 valence electrons. The third-order valence-corrected chi connectivity index (χ3v) is 7.75. The topological polar surface area (TPSA) is 49.7 Å². The Morgan fingerprint density at radius 2 is 1.20 bits per heavy atom. The van der Waals surface area contributed by atoms with E-state index in [2.05, 4.69) is 4.74 Å². The van der Waals surface area contributed by atoms with Crippen molar-refractivity contribution in [1.82, 2.24) is 0 Å². The summed E-state index contributed by atoms with van der Waals surface area (Å²) < 4.78 is 280. The van der Waals surface area contributed by atoms with E-state index in [-0.39, 0.29) is 0 Å². The molecule has 2 N–H and O–H groups in total. The van der Waals surface area contributed by atoms with Crippen LogP contribution in [0.5, 0.6) is 11.5 Å². The van der Waals surface area contributed by atoms with Crippen LogP contribution in [0.25, 0.3) is 0 Å². The Bertz CT molecular complexity index is 1450. The molecule has 1 spiro atoms. The summed E-state index contributed by atoms with van der Waals surface area (Å²) in [6.45, 7) is 0. The van der Waals surface area contributed by atoms with E-state index in [0.717, 1.165) is 0 Å². The van der Waals surface area contributed by atoms with Crippen LogP contribution in [0.1, 0.15) is 11.1 Å². The molecule has 4 aliphatic rings. The summed E-state index contributed by atoms with van der Waals surface area (Å²) in [5.41, 5.74) is -14.0. The number of piperidine rings is 1. The van der Waals surface area contributed by atoms with Crippen molar-refractivity contribution >= 4 is 0 Å². The quantitative estimate of drug-likeness (QED) is 0.199. The lowest BCUT2D eigenvalue weighted by molar-refractivity contribution is -1.22. The first-order chi connectivity index (χ1) is 18.0. The number of phenols is 1. The van der Waals surface area contributed by atoms with Crippen LogP contribution in [0.3, 0.4) is 0 Å². The molecule has 1 fully saturated rings. The first-order valence-electron chi connectivity index (χ1n) is 9.96. The zero-order valence-corrected chi connectivity index (χ0v) is 18.0. The molecule has 5 atom stereocenters. The third-order valence-electron chi connectivity index (χ3n) is 7.75. The third kappa shape index (κ3) is 2.18. The number of phenolic OH excluding ortho intramolecular Hbond substituents is 1. The maximum atomic E-state index is 16.5. The molecular formula is C18H3F19NO3+. The van der Waals surface area contributed by atoms with Crippen LogP contribution in [-0.4, -0.2) is 56.8 Å². The minimum absolute atomic E-state index is 2.93. The van der Waals surface area contributed by atoms with Crippen molar-refractivity contribution in [3.05, 3.63) is 34.4 Å². The predicted molar refractivity (Wildman–Crippen MR) is 83.0 cm³/mol. The zero-order chi connectivity index (χ0) is 31.9. The maximum absolute atomic E-state index is 16.5. The standard InChI is InChI=1S/C18H2F19NO3/c19-3-1-2-7(6(39)4(3)20)41-15(29)10(2)8(5(21)9(22)13(15,26)40)12(25,11(1,23)24)38(17(32,33)34,18(35,36)37)16(30,31)14(10,27)28/h8,40H/p+1/t8-,10-,12+,13+,15-/m1/s1. The van der Waals surface area contributed by atoms with Gasteiger partial charge in [-0.3, -0.25) is 0 Å². The Balaban J connectivity index is 2.28. The van der Waals surface area contributed by atoms with Crippen LogP contribution < -0.4 is 4.74 Å². The normalized spacial score (nSPS) is 39.4. The summed E-state index contributed by atoms with van der Waals surface area (Å²) in [5.74, 6) is -64.6. The molecular weight excluding hydrogens is 639 g/mol. The van der Waals surface area contributed by atoms with Crippen molar-refractivity contribution in [2.24, 2.45) is 5.92 Å². The van der Waals surface area contributed by atoms with E-state index in [1.165, 1.54) is 0 Å². The van der Waals surface area contributed by atoms with E-state index in [4.69, 9.17) is 0 Å². The number of alkyl halides is 15. The zero-order valence-electron chi connectivity index (χ0n) is 18.0. The number of nitrogens with zero attached hydrogens (tertiary/aromatic N) is 1. The maximum Gasteiger partial charge on any atom is 0.576 e. The van der Waals surface area contributed by atoms with E-state index < -0.39 is 110 Å². The minimum Gasteiger partial charge on any atom is -0.502 e. The van der Waals surface area contributed by atoms with Gasteiger partial charge in [-0.25, -0.2) is 13.2 Å². The van der Waals surface area contributed by atoms with Gasteiger partial charge in [0.25, 0.3) is 0 Å². The lowest BCUT2D eigenvalue weighted by Gasteiger charge is -2.67. The smallest absolute Gasteiger partial charge is 0.502 e. The van der Waals surface area contributed by atoms with Crippen LogP contribution in [-0.2, 0) is 11.3 Å². The van der Waals surface area contributed by atoms with Crippen LogP contribution in [0.15, 0.2) is 11.7 Å². The van der Waals surface area contributed by atoms with E-state index in [9.17, 15) is 49.7 Å². The van der Waals surface area contributed by atoms with Crippen molar-refractivity contribution < 1.29 is 103 Å². The Hall–Kier alpha value is -2.85. The number of hydrogen-bond donors (Lipinski definition) is 2. The molecule has 4 nitrogen and oxygen atoms in total. The van der Waals surface area contributed by atoms with Gasteiger partial charge in [-0.2, -0.15) is 35.1 Å². The number of rotatable bonds is 0. The van der Waals surface area contributed by atoms with E-state index in [0.29, 0.717) is 0 Å². The summed E-state index contributed by atoms with van der Waals surface area (Å²) in [6.07, 6.45) is -17.1. The molecule has 1 aromatic carbocycles. The molecule has 2 bridgehead atoms. The van der Waals surface area contributed by atoms with Crippen molar-refractivity contribution in [2.45, 2.75) is 53.4 Å². The van der Waals surface area contributed by atoms with E-state index in [1.807, 2.05) is 0 Å². The van der Waals surface area contributed by atoms with Crippen molar-refractivity contribution in [3.63, 3.8) is 0 Å². The fourth-order valence-corrected chi connectivity index (χ4v) is 6.32. The molecule has 0 aromatic heterocycles. The van der Waals surface area contributed by atoms with Gasteiger partial charge in [-0.15, -0.1) is 35.1 Å². The number of aliphatic hydroxyl groups is 1. The molecule has 1 aromatic rings. The average Bonchev–Trinajstić information content (AvgIpc) is 3.05. The van der Waals surface area contributed by atoms with Gasteiger partial charge >= 0.3 is 48.0 Å². The van der Waals surface area contributed by atoms with Gasteiger partial charge in [0.2, 0.25) is 11.6 Å². The molecule has 2 aliphatic carbocycles. The lowest BCUT2D eigenvalue weighted by atomic mass is 9.46. The number of likely N-dealkylation sites (tertiary alicyclic amines) is 1. The molecule has 0 amide bonds. The largest absolute Gasteiger partial charge is 0.576 e. The van der Waals surface area contributed by atoms with Gasteiger partial charge in [0.1, 0.15) is 5.92 Å². The Kier molecular flexibility index (Phi) is 4.84. The van der Waals surface area contributed by atoms with Crippen LogP contribution in [0.4, 0.5) is 83.4 Å². The fraction of sp³-hybridized carbons (Fsp3) is 0.556. The number of aromatic hydroxyl groups is 1. The molecule has 23 heteroatoms. The van der Waals surface area contributed by atoms with Gasteiger partial charge < -0.3 is 14.9 Å². The van der Waals surface area contributed by atoms with Crippen LogP contribution in [0.2, 0.25) is 0 Å². The van der Waals surface area contributed by atoms with Crippen molar-refractivity contribution in [3.8, 4) is 11.5 Å². The average molecular weight is 642 g/mol. The van der Waals surface area contributed by atoms with Gasteiger partial charge in [0, 0.05) is 5.56 Å². The highest BCUT2D eigenvalue weighted by Crippen LogP contribution is 2.86. The Labute approximate surface area is 209 Å². The summed E-state index contributed by atoms with van der Waals surface area (Å²) in [7, 11) is 0. The number of quaternary nitrogens is 1. The molecule has 0 radical (unpaired) electrons. The summed E-state index contributed by atoms with van der Waals surface area (Å²) in [4.78, 5) is 0. The second-order valence-corrected chi connectivity index (χ2v) is 9.25. The first-order valence-corrected chi connectivity index (χ1v) is 9.96. The molecule has 2 aliphatic heterocycles. The monoisotopic (exact) mass is 642 g/mol. The predicted octanol–water partition coefficient (Wildman–Crippen LogP) is 6.27. The Morgan fingerprint density at radius 3 is 1.63 bits per heavy atom. The van der Waals surface area contributed by atoms with E-state index in [1.54, 1.807) is 0 Å². The summed E-state index contributed by atoms with van der Waals surface area (Å²) in [6, 6.07) is -8.65. The molecule has 0 saturated carbocycles. The molecule has 0 unspecified atom stereocenters. The highest BCUT2D eigenvalue weighted by molar-refractivity contribution is 5.68. The first kappa shape index (κ1) is 29.6. The number of ether oxygens (including phenoxy) is 1. The second-order valence-electron chi connectivity index (χ2n) is 9.25. The van der Waals surface area contributed by atoms with Crippen LogP contribution >= 0.6 is 0 Å². The summed E-state index contributed by atoms with van der Waals surface area (Å²) in [5, 5.41) is 19.2. The van der Waals surface area contributed by atoms with E-state index >= 15 is 43.9 Å². The second kappa shape index (κ2) is 6.70. The summed E-state index contributed by atoms with van der Waals surface area (Å²) >= 11 is 0. The van der Waals surface area contributed by atoms with Gasteiger partial charge in [0.15, 0.2) is 28.6 Å². The number of halogens is 19. The highest BCUT2D eigenvalue weighted by atomic mass is 19.4.